The molecule has 124 valence electrons. The fourth-order valence-corrected chi connectivity index (χ4v) is 2.49. The highest BCUT2D eigenvalue weighted by Crippen LogP contribution is 2.28. The van der Waals surface area contributed by atoms with Crippen LogP contribution in [0.2, 0.25) is 0 Å². The zero-order valence-electron chi connectivity index (χ0n) is 13.8. The number of methoxy groups -OCH3 is 1. The fraction of sp³-hybridized carbons (Fsp3) is 0.150. The van der Waals surface area contributed by atoms with Gasteiger partial charge in [-0.05, 0) is 54.3 Å². The SMILES string of the molecule is C=CCOc1ccc(/C=C/C(=O)c2ccc(SC)cc2)cc1OC. The third kappa shape index (κ3) is 4.77. The van der Waals surface area contributed by atoms with Crippen molar-refractivity contribution in [3.63, 3.8) is 0 Å². The normalized spacial score (nSPS) is 10.6. The first kappa shape index (κ1) is 17.9. The molecular formula is C20H20O3S. The number of carbonyl (C=O) groups is 1. The monoisotopic (exact) mass is 340 g/mol. The molecule has 0 radical (unpaired) electrons. The summed E-state index contributed by atoms with van der Waals surface area (Å²) >= 11 is 1.65. The quantitative estimate of drug-likeness (QED) is 0.297. The third-order valence-electron chi connectivity index (χ3n) is 3.35. The van der Waals surface area contributed by atoms with Gasteiger partial charge in [0.2, 0.25) is 0 Å². The first-order valence-corrected chi connectivity index (χ1v) is 8.68. The molecule has 0 heterocycles. The van der Waals surface area contributed by atoms with Crippen LogP contribution in [0.15, 0.2) is 66.1 Å². The molecule has 0 N–H and O–H groups in total. The van der Waals surface area contributed by atoms with E-state index >= 15 is 0 Å². The average molecular weight is 340 g/mol. The lowest BCUT2D eigenvalue weighted by Gasteiger charge is -2.09. The fourth-order valence-electron chi connectivity index (χ4n) is 2.08. The van der Waals surface area contributed by atoms with Gasteiger partial charge in [-0.25, -0.2) is 0 Å². The lowest BCUT2D eigenvalue weighted by molar-refractivity contribution is 0.104. The molecule has 2 rings (SSSR count). The maximum absolute atomic E-state index is 12.2. The molecule has 2 aromatic carbocycles. The number of benzene rings is 2. The predicted octanol–water partition coefficient (Wildman–Crippen LogP) is 4.88. The van der Waals surface area contributed by atoms with Crippen LogP contribution in [0, 0.1) is 0 Å². The Kier molecular flexibility index (Phi) is 6.70. The molecule has 0 saturated heterocycles. The van der Waals surface area contributed by atoms with Gasteiger partial charge in [-0.2, -0.15) is 0 Å². The summed E-state index contributed by atoms with van der Waals surface area (Å²) in [5, 5.41) is 0. The van der Waals surface area contributed by atoms with E-state index in [1.807, 2.05) is 48.7 Å². The molecule has 3 nitrogen and oxygen atoms in total. The first-order valence-electron chi connectivity index (χ1n) is 7.46. The van der Waals surface area contributed by atoms with Crippen molar-refractivity contribution in [2.45, 2.75) is 4.90 Å². The van der Waals surface area contributed by atoms with Crippen LogP contribution >= 0.6 is 11.8 Å². The Morgan fingerprint density at radius 3 is 2.54 bits per heavy atom. The standard InChI is InChI=1S/C20H20O3S/c1-4-13-23-19-12-6-15(14-20(19)22-2)5-11-18(21)16-7-9-17(24-3)10-8-16/h4-12,14H,1,13H2,2-3H3/b11-5+. The number of hydrogen-bond donors (Lipinski definition) is 0. The highest BCUT2D eigenvalue weighted by atomic mass is 32.2. The van der Waals surface area contributed by atoms with Crippen molar-refractivity contribution in [2.75, 3.05) is 20.0 Å². The molecule has 0 saturated carbocycles. The molecular weight excluding hydrogens is 320 g/mol. The van der Waals surface area contributed by atoms with Crippen LogP contribution < -0.4 is 9.47 Å². The molecule has 0 bridgehead atoms. The van der Waals surface area contributed by atoms with E-state index in [2.05, 4.69) is 6.58 Å². The van der Waals surface area contributed by atoms with Gasteiger partial charge in [-0.1, -0.05) is 24.8 Å². The van der Waals surface area contributed by atoms with Crippen LogP contribution in [-0.2, 0) is 0 Å². The summed E-state index contributed by atoms with van der Waals surface area (Å²) < 4.78 is 10.8. The van der Waals surface area contributed by atoms with Gasteiger partial charge in [0.1, 0.15) is 6.61 Å². The van der Waals surface area contributed by atoms with Crippen LogP contribution in [0.5, 0.6) is 11.5 Å². The zero-order chi connectivity index (χ0) is 17.4. The maximum atomic E-state index is 12.2. The van der Waals surface area contributed by atoms with Crippen molar-refractivity contribution in [3.05, 3.63) is 72.3 Å². The molecule has 0 aliphatic heterocycles. The van der Waals surface area contributed by atoms with Crippen molar-refractivity contribution in [3.8, 4) is 11.5 Å². The molecule has 0 spiro atoms. The van der Waals surface area contributed by atoms with Gasteiger partial charge in [0.25, 0.3) is 0 Å². The molecule has 0 amide bonds. The summed E-state index contributed by atoms with van der Waals surface area (Å²) in [6.07, 6.45) is 7.01. The van der Waals surface area contributed by atoms with Crippen molar-refractivity contribution < 1.29 is 14.3 Å². The summed E-state index contributed by atoms with van der Waals surface area (Å²) in [5.74, 6) is 1.23. The minimum Gasteiger partial charge on any atom is -0.493 e. The number of allylic oxidation sites excluding steroid dienone is 1. The van der Waals surface area contributed by atoms with E-state index in [0.717, 1.165) is 10.5 Å². The largest absolute Gasteiger partial charge is 0.493 e. The van der Waals surface area contributed by atoms with Crippen LogP contribution in [0.4, 0.5) is 0 Å². The second-order valence-electron chi connectivity index (χ2n) is 4.94. The Morgan fingerprint density at radius 2 is 1.92 bits per heavy atom. The number of rotatable bonds is 8. The molecule has 2 aromatic rings. The number of carbonyl (C=O) groups excluding carboxylic acids is 1. The molecule has 0 fully saturated rings. The highest BCUT2D eigenvalue weighted by molar-refractivity contribution is 7.98. The van der Waals surface area contributed by atoms with E-state index in [4.69, 9.17) is 9.47 Å². The summed E-state index contributed by atoms with van der Waals surface area (Å²) in [6, 6.07) is 13.1. The van der Waals surface area contributed by atoms with Gasteiger partial charge in [0, 0.05) is 10.5 Å². The molecule has 0 atom stereocenters. The van der Waals surface area contributed by atoms with Gasteiger partial charge < -0.3 is 9.47 Å². The number of ketones is 1. The van der Waals surface area contributed by atoms with E-state index in [1.54, 1.807) is 37.1 Å². The van der Waals surface area contributed by atoms with Crippen LogP contribution in [0.25, 0.3) is 6.08 Å². The van der Waals surface area contributed by atoms with Crippen LogP contribution in [0.1, 0.15) is 15.9 Å². The van der Waals surface area contributed by atoms with Gasteiger partial charge in [-0.15, -0.1) is 11.8 Å². The maximum Gasteiger partial charge on any atom is 0.185 e. The van der Waals surface area contributed by atoms with E-state index in [0.29, 0.717) is 23.7 Å². The second-order valence-corrected chi connectivity index (χ2v) is 5.82. The Labute approximate surface area is 147 Å². The lowest BCUT2D eigenvalue weighted by Crippen LogP contribution is -1.96. The smallest absolute Gasteiger partial charge is 0.185 e. The molecule has 24 heavy (non-hydrogen) atoms. The molecule has 0 aromatic heterocycles. The summed E-state index contributed by atoms with van der Waals surface area (Å²) in [6.45, 7) is 4.03. The van der Waals surface area contributed by atoms with E-state index < -0.39 is 0 Å². The zero-order valence-corrected chi connectivity index (χ0v) is 14.6. The predicted molar refractivity (Wildman–Crippen MR) is 100 cm³/mol. The minimum atomic E-state index is -0.0337. The van der Waals surface area contributed by atoms with Gasteiger partial charge in [0.05, 0.1) is 7.11 Å². The van der Waals surface area contributed by atoms with Crippen LogP contribution in [-0.4, -0.2) is 25.8 Å². The van der Waals surface area contributed by atoms with E-state index in [1.165, 1.54) is 0 Å². The average Bonchev–Trinajstić information content (AvgIpc) is 2.64. The Morgan fingerprint density at radius 1 is 1.17 bits per heavy atom. The number of hydrogen-bond acceptors (Lipinski definition) is 4. The third-order valence-corrected chi connectivity index (χ3v) is 4.09. The molecule has 0 aliphatic rings. The summed E-state index contributed by atoms with van der Waals surface area (Å²) in [5.41, 5.74) is 1.54. The second kappa shape index (κ2) is 8.99. The number of thioether (sulfide) groups is 1. The van der Waals surface area contributed by atoms with Gasteiger partial charge in [0.15, 0.2) is 17.3 Å². The topological polar surface area (TPSA) is 35.5 Å². The highest BCUT2D eigenvalue weighted by Gasteiger charge is 2.05. The Balaban J connectivity index is 2.12. The van der Waals surface area contributed by atoms with Gasteiger partial charge in [-0.3, -0.25) is 4.79 Å². The van der Waals surface area contributed by atoms with Crippen molar-refractivity contribution in [2.24, 2.45) is 0 Å². The van der Waals surface area contributed by atoms with Gasteiger partial charge >= 0.3 is 0 Å². The van der Waals surface area contributed by atoms with E-state index in [9.17, 15) is 4.79 Å². The first-order chi connectivity index (χ1) is 11.7. The molecule has 4 heteroatoms. The van der Waals surface area contributed by atoms with Crippen molar-refractivity contribution in [1.82, 2.24) is 0 Å². The lowest BCUT2D eigenvalue weighted by atomic mass is 10.1. The van der Waals surface area contributed by atoms with Crippen molar-refractivity contribution >= 4 is 23.6 Å². The number of ether oxygens (including phenoxy) is 2. The Hall–Kier alpha value is -2.46. The summed E-state index contributed by atoms with van der Waals surface area (Å²) in [4.78, 5) is 13.4. The molecule has 0 aliphatic carbocycles. The Bertz CT molecular complexity index is 733. The molecule has 0 unspecified atom stereocenters. The van der Waals surface area contributed by atoms with Crippen LogP contribution in [0.3, 0.4) is 0 Å². The minimum absolute atomic E-state index is 0.0337. The van der Waals surface area contributed by atoms with E-state index in [-0.39, 0.29) is 5.78 Å². The van der Waals surface area contributed by atoms with Crippen molar-refractivity contribution in [1.29, 1.82) is 0 Å². The summed E-state index contributed by atoms with van der Waals surface area (Å²) in [7, 11) is 1.59.